The van der Waals surface area contributed by atoms with Crippen LogP contribution in [0.5, 0.6) is 5.75 Å². The van der Waals surface area contributed by atoms with Gasteiger partial charge in [-0.05, 0) is 24.6 Å². The molecule has 2 N–H and O–H groups in total. The molecule has 1 aliphatic rings. The summed E-state index contributed by atoms with van der Waals surface area (Å²) in [5, 5.41) is 5.86. The number of hydrogen-bond donors (Lipinski definition) is 2. The summed E-state index contributed by atoms with van der Waals surface area (Å²) in [7, 11) is 1.81. The normalized spacial score (nSPS) is 16.5. The molecule has 1 unspecified atom stereocenters. The zero-order chi connectivity index (χ0) is 14.7. The fraction of sp³-hybridized carbons (Fsp3) is 0.250. The number of amides is 1. The van der Waals surface area contributed by atoms with Crippen LogP contribution in [-0.4, -0.2) is 24.5 Å². The first-order valence-electron chi connectivity index (χ1n) is 6.94. The van der Waals surface area contributed by atoms with Gasteiger partial charge in [-0.3, -0.25) is 4.79 Å². The number of aromatic nitrogens is 1. The molecule has 1 aliphatic heterocycles. The maximum Gasteiger partial charge on any atom is 0.232 e. The summed E-state index contributed by atoms with van der Waals surface area (Å²) >= 11 is 0. The Hall–Kier alpha value is -2.56. The van der Waals surface area contributed by atoms with E-state index in [2.05, 4.69) is 15.6 Å². The van der Waals surface area contributed by atoms with Gasteiger partial charge in [-0.2, -0.15) is 0 Å². The Kier molecular flexibility index (Phi) is 3.73. The monoisotopic (exact) mass is 283 g/mol. The van der Waals surface area contributed by atoms with Crippen molar-refractivity contribution in [1.29, 1.82) is 0 Å². The molecule has 0 radical (unpaired) electrons. The van der Waals surface area contributed by atoms with E-state index in [1.54, 1.807) is 13.2 Å². The van der Waals surface area contributed by atoms with E-state index in [1.165, 1.54) is 0 Å². The van der Waals surface area contributed by atoms with Gasteiger partial charge >= 0.3 is 0 Å². The second-order valence-corrected chi connectivity index (χ2v) is 4.90. The maximum absolute atomic E-state index is 12.5. The highest BCUT2D eigenvalue weighted by Gasteiger charge is 2.27. The smallest absolute Gasteiger partial charge is 0.232 e. The average molecular weight is 283 g/mol. The van der Waals surface area contributed by atoms with Crippen LogP contribution >= 0.6 is 0 Å². The molecule has 1 aromatic heterocycles. The number of rotatable bonds is 3. The quantitative estimate of drug-likeness (QED) is 0.909. The Morgan fingerprint density at radius 1 is 1.29 bits per heavy atom. The van der Waals surface area contributed by atoms with Crippen LogP contribution < -0.4 is 15.4 Å². The van der Waals surface area contributed by atoms with Gasteiger partial charge in [0.2, 0.25) is 5.91 Å². The van der Waals surface area contributed by atoms with Crippen LogP contribution in [0.2, 0.25) is 0 Å². The Morgan fingerprint density at radius 3 is 2.90 bits per heavy atom. The molecule has 0 bridgehead atoms. The summed E-state index contributed by atoms with van der Waals surface area (Å²) in [6.45, 7) is 0.562. The minimum Gasteiger partial charge on any atom is -0.493 e. The van der Waals surface area contributed by atoms with Gasteiger partial charge < -0.3 is 15.4 Å². The molecule has 2 aromatic rings. The van der Waals surface area contributed by atoms with Gasteiger partial charge in [0.25, 0.3) is 0 Å². The van der Waals surface area contributed by atoms with Crippen LogP contribution in [0, 0.1) is 0 Å². The summed E-state index contributed by atoms with van der Waals surface area (Å²) in [6, 6.07) is 11.4. The molecule has 21 heavy (non-hydrogen) atoms. The molecule has 0 saturated carbocycles. The number of carbonyl (C=O) groups excluding carboxylic acids is 1. The van der Waals surface area contributed by atoms with Crippen molar-refractivity contribution in [3.05, 3.63) is 48.2 Å². The van der Waals surface area contributed by atoms with Crippen molar-refractivity contribution in [2.24, 2.45) is 0 Å². The second-order valence-electron chi connectivity index (χ2n) is 4.90. The van der Waals surface area contributed by atoms with Gasteiger partial charge in [0.1, 0.15) is 11.6 Å². The molecule has 0 spiro atoms. The Labute approximate surface area is 123 Å². The van der Waals surface area contributed by atoms with Crippen molar-refractivity contribution >= 4 is 17.4 Å². The highest BCUT2D eigenvalue weighted by atomic mass is 16.5. The zero-order valence-corrected chi connectivity index (χ0v) is 11.8. The van der Waals surface area contributed by atoms with Gasteiger partial charge in [0, 0.05) is 12.6 Å². The molecular weight excluding hydrogens is 266 g/mol. The van der Waals surface area contributed by atoms with E-state index in [0.717, 1.165) is 17.1 Å². The summed E-state index contributed by atoms with van der Waals surface area (Å²) in [5.41, 5.74) is 1.64. The number of nitrogens with one attached hydrogen (secondary N) is 2. The minimum absolute atomic E-state index is 0.0234. The van der Waals surface area contributed by atoms with Crippen molar-refractivity contribution in [3.63, 3.8) is 0 Å². The summed E-state index contributed by atoms with van der Waals surface area (Å²) in [5.74, 6) is 1.36. The van der Waals surface area contributed by atoms with Crippen molar-refractivity contribution in [3.8, 4) is 5.75 Å². The topological polar surface area (TPSA) is 63.2 Å². The molecule has 1 aromatic carbocycles. The van der Waals surface area contributed by atoms with Crippen LogP contribution in [0.15, 0.2) is 42.6 Å². The number of hydrogen-bond acceptors (Lipinski definition) is 4. The third-order valence-corrected chi connectivity index (χ3v) is 3.56. The van der Waals surface area contributed by atoms with E-state index < -0.39 is 0 Å². The zero-order valence-electron chi connectivity index (χ0n) is 11.8. The molecule has 0 saturated heterocycles. The van der Waals surface area contributed by atoms with Crippen molar-refractivity contribution < 1.29 is 9.53 Å². The molecule has 5 heteroatoms. The lowest BCUT2D eigenvalue weighted by Crippen LogP contribution is -2.26. The third kappa shape index (κ3) is 2.81. The Balaban J connectivity index is 1.76. The lowest BCUT2D eigenvalue weighted by Gasteiger charge is -2.25. The number of para-hydroxylation sites is 1. The number of benzene rings is 1. The van der Waals surface area contributed by atoms with Crippen LogP contribution in [0.3, 0.4) is 0 Å². The van der Waals surface area contributed by atoms with E-state index in [9.17, 15) is 4.79 Å². The second kappa shape index (κ2) is 5.83. The van der Waals surface area contributed by atoms with E-state index in [4.69, 9.17) is 4.74 Å². The third-order valence-electron chi connectivity index (χ3n) is 3.56. The molecule has 108 valence electrons. The molecule has 0 fully saturated rings. The van der Waals surface area contributed by atoms with Crippen LogP contribution in [0.1, 0.15) is 17.9 Å². The van der Waals surface area contributed by atoms with E-state index in [0.29, 0.717) is 18.7 Å². The van der Waals surface area contributed by atoms with Crippen LogP contribution in [-0.2, 0) is 4.79 Å². The predicted octanol–water partition coefficient (Wildman–Crippen LogP) is 2.63. The van der Waals surface area contributed by atoms with Gasteiger partial charge in [0.15, 0.2) is 0 Å². The number of fused-ring (bicyclic) bond motifs is 1. The summed E-state index contributed by atoms with van der Waals surface area (Å²) in [6.07, 6.45) is 2.33. The number of nitrogens with zero attached hydrogens (tertiary/aromatic N) is 1. The SMILES string of the molecule is CNc1ccc(NC(=O)C2CCOc3ccccc32)cn1. The van der Waals surface area contributed by atoms with Gasteiger partial charge in [-0.15, -0.1) is 0 Å². The van der Waals surface area contributed by atoms with Gasteiger partial charge in [-0.25, -0.2) is 4.98 Å². The predicted molar refractivity (Wildman–Crippen MR) is 81.7 cm³/mol. The molecular formula is C16H17N3O2. The maximum atomic E-state index is 12.5. The number of pyridine rings is 1. The Bertz CT molecular complexity index is 640. The minimum atomic E-state index is -0.182. The molecule has 1 amide bonds. The molecule has 3 rings (SSSR count). The van der Waals surface area contributed by atoms with Crippen LogP contribution in [0.25, 0.3) is 0 Å². The lowest BCUT2D eigenvalue weighted by molar-refractivity contribution is -0.118. The number of anilines is 2. The molecule has 5 nitrogen and oxygen atoms in total. The van der Waals surface area contributed by atoms with Gasteiger partial charge in [-0.1, -0.05) is 18.2 Å². The summed E-state index contributed by atoms with van der Waals surface area (Å²) < 4.78 is 5.58. The van der Waals surface area contributed by atoms with Crippen LogP contribution in [0.4, 0.5) is 11.5 Å². The first-order valence-corrected chi connectivity index (χ1v) is 6.94. The number of carbonyl (C=O) groups is 1. The lowest BCUT2D eigenvalue weighted by atomic mass is 9.92. The highest BCUT2D eigenvalue weighted by molar-refractivity contribution is 5.96. The first kappa shape index (κ1) is 13.4. The fourth-order valence-electron chi connectivity index (χ4n) is 2.46. The standard InChI is InChI=1S/C16H17N3O2/c1-17-15-7-6-11(10-18-15)19-16(20)13-8-9-21-14-5-3-2-4-12(13)14/h2-7,10,13H,8-9H2,1H3,(H,17,18)(H,19,20). The molecule has 1 atom stereocenters. The molecule has 2 heterocycles. The average Bonchev–Trinajstić information content (AvgIpc) is 2.55. The van der Waals surface area contributed by atoms with E-state index in [1.807, 2.05) is 36.4 Å². The van der Waals surface area contributed by atoms with Crippen molar-refractivity contribution in [2.75, 3.05) is 24.3 Å². The number of ether oxygens (including phenoxy) is 1. The highest BCUT2D eigenvalue weighted by Crippen LogP contribution is 2.34. The first-order chi connectivity index (χ1) is 10.3. The van der Waals surface area contributed by atoms with Crippen molar-refractivity contribution in [1.82, 2.24) is 4.98 Å². The molecule has 0 aliphatic carbocycles. The fourth-order valence-corrected chi connectivity index (χ4v) is 2.46. The largest absolute Gasteiger partial charge is 0.493 e. The van der Waals surface area contributed by atoms with E-state index in [-0.39, 0.29) is 11.8 Å². The van der Waals surface area contributed by atoms with Gasteiger partial charge in [0.05, 0.1) is 24.4 Å². The Morgan fingerprint density at radius 2 is 2.14 bits per heavy atom. The van der Waals surface area contributed by atoms with Crippen molar-refractivity contribution in [2.45, 2.75) is 12.3 Å². The van der Waals surface area contributed by atoms with E-state index >= 15 is 0 Å². The summed E-state index contributed by atoms with van der Waals surface area (Å²) in [4.78, 5) is 16.7.